The number of likely N-dealkylation sites (N-methyl/N-ethyl adjacent to an activating group) is 1. The van der Waals surface area contributed by atoms with Gasteiger partial charge in [-0.3, -0.25) is 9.78 Å². The summed E-state index contributed by atoms with van der Waals surface area (Å²) in [4.78, 5) is 28.7. The number of nitrogens with zero attached hydrogens (tertiary/aromatic N) is 5. The number of hydrogen-bond donors (Lipinski definition) is 1. The molecule has 3 rings (SSSR count). The third-order valence-electron chi connectivity index (χ3n) is 4.41. The Hall–Kier alpha value is -2.54. The van der Waals surface area contributed by atoms with Crippen LogP contribution in [-0.4, -0.2) is 63.1 Å². The average molecular weight is 341 g/mol. The molecule has 132 valence electrons. The van der Waals surface area contributed by atoms with Crippen LogP contribution in [0.3, 0.4) is 0 Å². The number of anilines is 1. The number of amides is 1. The molecule has 1 N–H and O–H groups in total. The predicted molar refractivity (Wildman–Crippen MR) is 94.4 cm³/mol. The highest BCUT2D eigenvalue weighted by atomic mass is 16.3. The highest BCUT2D eigenvalue weighted by Crippen LogP contribution is 2.25. The molecule has 0 saturated carbocycles. The SMILES string of the molecule is Cc1cnc(C(=O)N(C)C[C@@]2(O)CCCN(c3ccccn3)C2)cn1. The van der Waals surface area contributed by atoms with E-state index in [0.29, 0.717) is 13.0 Å². The smallest absolute Gasteiger partial charge is 0.273 e. The van der Waals surface area contributed by atoms with Crippen LogP contribution in [0.25, 0.3) is 0 Å². The van der Waals surface area contributed by atoms with E-state index in [0.717, 1.165) is 24.5 Å². The molecule has 1 aliphatic heterocycles. The van der Waals surface area contributed by atoms with Crippen molar-refractivity contribution < 1.29 is 9.90 Å². The van der Waals surface area contributed by atoms with Crippen LogP contribution < -0.4 is 4.90 Å². The first-order valence-corrected chi connectivity index (χ1v) is 8.39. The Kier molecular flexibility index (Phi) is 4.94. The zero-order chi connectivity index (χ0) is 17.9. The number of piperidine rings is 1. The summed E-state index contributed by atoms with van der Waals surface area (Å²) in [5.74, 6) is 0.606. The van der Waals surface area contributed by atoms with Gasteiger partial charge in [-0.05, 0) is 31.9 Å². The lowest BCUT2D eigenvalue weighted by atomic mass is 9.92. The molecule has 1 amide bonds. The van der Waals surface area contributed by atoms with E-state index in [1.54, 1.807) is 19.4 Å². The molecule has 0 unspecified atom stereocenters. The van der Waals surface area contributed by atoms with Crippen molar-refractivity contribution in [2.75, 3.05) is 31.6 Å². The van der Waals surface area contributed by atoms with Gasteiger partial charge in [-0.25, -0.2) is 9.97 Å². The number of hydrogen-bond acceptors (Lipinski definition) is 6. The van der Waals surface area contributed by atoms with Gasteiger partial charge in [-0.15, -0.1) is 0 Å². The topological polar surface area (TPSA) is 82.5 Å². The molecule has 1 aliphatic rings. The van der Waals surface area contributed by atoms with Crippen molar-refractivity contribution in [2.45, 2.75) is 25.4 Å². The van der Waals surface area contributed by atoms with Crippen LogP contribution in [0.2, 0.25) is 0 Å². The van der Waals surface area contributed by atoms with Crippen molar-refractivity contribution in [1.82, 2.24) is 19.9 Å². The molecule has 3 heterocycles. The van der Waals surface area contributed by atoms with Crippen molar-refractivity contribution in [3.63, 3.8) is 0 Å². The van der Waals surface area contributed by atoms with E-state index in [1.165, 1.54) is 11.1 Å². The zero-order valence-electron chi connectivity index (χ0n) is 14.6. The van der Waals surface area contributed by atoms with E-state index in [1.807, 2.05) is 25.1 Å². The maximum absolute atomic E-state index is 12.5. The number of aryl methyl sites for hydroxylation is 1. The van der Waals surface area contributed by atoms with E-state index in [2.05, 4.69) is 19.9 Å². The van der Waals surface area contributed by atoms with E-state index in [-0.39, 0.29) is 18.1 Å². The van der Waals surface area contributed by atoms with Crippen molar-refractivity contribution in [1.29, 1.82) is 0 Å². The summed E-state index contributed by atoms with van der Waals surface area (Å²) in [5.41, 5.74) is 0.0726. The Labute approximate surface area is 147 Å². The summed E-state index contributed by atoms with van der Waals surface area (Å²) in [6.45, 7) is 3.36. The fourth-order valence-corrected chi connectivity index (χ4v) is 3.19. The Morgan fingerprint density at radius 3 is 2.84 bits per heavy atom. The number of rotatable bonds is 4. The Balaban J connectivity index is 1.68. The van der Waals surface area contributed by atoms with Gasteiger partial charge in [0.25, 0.3) is 5.91 Å². The number of carbonyl (C=O) groups is 1. The highest BCUT2D eigenvalue weighted by Gasteiger charge is 2.36. The van der Waals surface area contributed by atoms with Gasteiger partial charge in [-0.1, -0.05) is 6.07 Å². The lowest BCUT2D eigenvalue weighted by molar-refractivity contribution is -0.000291. The van der Waals surface area contributed by atoms with E-state index in [4.69, 9.17) is 0 Å². The monoisotopic (exact) mass is 341 g/mol. The van der Waals surface area contributed by atoms with Crippen LogP contribution in [0.15, 0.2) is 36.8 Å². The van der Waals surface area contributed by atoms with Crippen LogP contribution in [0.4, 0.5) is 5.82 Å². The van der Waals surface area contributed by atoms with Crippen LogP contribution in [0.5, 0.6) is 0 Å². The minimum atomic E-state index is -0.974. The van der Waals surface area contributed by atoms with E-state index >= 15 is 0 Å². The summed E-state index contributed by atoms with van der Waals surface area (Å²) in [6, 6.07) is 5.74. The molecule has 0 spiro atoms. The molecule has 1 atom stereocenters. The maximum Gasteiger partial charge on any atom is 0.273 e. The second kappa shape index (κ2) is 7.14. The Bertz CT molecular complexity index is 722. The van der Waals surface area contributed by atoms with Gasteiger partial charge in [-0.2, -0.15) is 0 Å². The first-order chi connectivity index (χ1) is 12.0. The molecular weight excluding hydrogens is 318 g/mol. The fraction of sp³-hybridized carbons (Fsp3) is 0.444. The lowest BCUT2D eigenvalue weighted by Crippen LogP contribution is -2.55. The van der Waals surface area contributed by atoms with Crippen LogP contribution in [-0.2, 0) is 0 Å². The zero-order valence-corrected chi connectivity index (χ0v) is 14.6. The molecule has 2 aromatic heterocycles. The quantitative estimate of drug-likeness (QED) is 0.902. The number of pyridine rings is 1. The first-order valence-electron chi connectivity index (χ1n) is 8.39. The van der Waals surface area contributed by atoms with Crippen LogP contribution in [0.1, 0.15) is 29.0 Å². The van der Waals surface area contributed by atoms with Crippen molar-refractivity contribution in [3.05, 3.63) is 48.2 Å². The van der Waals surface area contributed by atoms with Crippen LogP contribution in [0, 0.1) is 6.92 Å². The van der Waals surface area contributed by atoms with Gasteiger partial charge in [0.05, 0.1) is 24.0 Å². The molecule has 1 fully saturated rings. The van der Waals surface area contributed by atoms with E-state index < -0.39 is 5.60 Å². The normalized spacial score (nSPS) is 20.4. The van der Waals surface area contributed by atoms with Crippen molar-refractivity contribution in [3.8, 4) is 0 Å². The van der Waals surface area contributed by atoms with Gasteiger partial charge >= 0.3 is 0 Å². The molecule has 1 saturated heterocycles. The summed E-state index contributed by atoms with van der Waals surface area (Å²) < 4.78 is 0. The molecule has 7 heteroatoms. The molecular formula is C18H23N5O2. The molecule has 2 aromatic rings. The minimum Gasteiger partial charge on any atom is -0.386 e. The summed E-state index contributed by atoms with van der Waals surface area (Å²) in [5, 5.41) is 11.0. The second-order valence-corrected chi connectivity index (χ2v) is 6.64. The highest BCUT2D eigenvalue weighted by molar-refractivity contribution is 5.91. The fourth-order valence-electron chi connectivity index (χ4n) is 3.19. The second-order valence-electron chi connectivity index (χ2n) is 6.64. The molecule has 0 radical (unpaired) electrons. The third kappa shape index (κ3) is 4.11. The number of aromatic nitrogens is 3. The third-order valence-corrected chi connectivity index (χ3v) is 4.41. The van der Waals surface area contributed by atoms with Gasteiger partial charge < -0.3 is 14.9 Å². The van der Waals surface area contributed by atoms with Crippen molar-refractivity contribution >= 4 is 11.7 Å². The Morgan fingerprint density at radius 2 is 2.16 bits per heavy atom. The van der Waals surface area contributed by atoms with E-state index in [9.17, 15) is 9.90 Å². The summed E-state index contributed by atoms with van der Waals surface area (Å²) in [7, 11) is 1.68. The number of aliphatic hydroxyl groups is 1. The van der Waals surface area contributed by atoms with Crippen molar-refractivity contribution in [2.24, 2.45) is 0 Å². The lowest BCUT2D eigenvalue weighted by Gasteiger charge is -2.41. The molecule has 0 bridgehead atoms. The first kappa shape index (κ1) is 17.3. The predicted octanol–water partition coefficient (Wildman–Crippen LogP) is 1.28. The standard InChI is InChI=1S/C18H23N5O2/c1-14-10-21-15(11-20-14)17(24)22(2)12-18(25)7-5-9-23(13-18)16-6-3-4-8-19-16/h3-4,6,8,10-11,25H,5,7,9,12-13H2,1-2H3/t18-/m0/s1. The summed E-state index contributed by atoms with van der Waals surface area (Å²) >= 11 is 0. The largest absolute Gasteiger partial charge is 0.386 e. The van der Waals surface area contributed by atoms with Gasteiger partial charge in [0.2, 0.25) is 0 Å². The molecule has 0 aliphatic carbocycles. The van der Waals surface area contributed by atoms with Gasteiger partial charge in [0.1, 0.15) is 11.5 Å². The minimum absolute atomic E-state index is 0.240. The van der Waals surface area contributed by atoms with Crippen LogP contribution >= 0.6 is 0 Å². The number of β-amino-alcohol motifs (C(OH)–C–C–N with tert-alkyl or cyclic N) is 1. The average Bonchev–Trinajstić information content (AvgIpc) is 2.62. The molecule has 25 heavy (non-hydrogen) atoms. The number of carbonyl (C=O) groups excluding carboxylic acids is 1. The van der Waals surface area contributed by atoms with Gasteiger partial charge in [0, 0.05) is 32.5 Å². The summed E-state index contributed by atoms with van der Waals surface area (Å²) in [6.07, 6.45) is 6.28. The Morgan fingerprint density at radius 1 is 1.32 bits per heavy atom. The molecule has 0 aromatic carbocycles. The van der Waals surface area contributed by atoms with Gasteiger partial charge in [0.15, 0.2) is 0 Å². The molecule has 7 nitrogen and oxygen atoms in total. The maximum atomic E-state index is 12.5.